The Morgan fingerprint density at radius 1 is 1.35 bits per heavy atom. The number of hydrogen-bond donors (Lipinski definition) is 1. The van der Waals surface area contributed by atoms with Crippen molar-refractivity contribution >= 4 is 23.3 Å². The summed E-state index contributed by atoms with van der Waals surface area (Å²) in [6, 6.07) is 1.69. The third-order valence-electron chi connectivity index (χ3n) is 3.22. The molecular weight excluding hydrogens is 314 g/mol. The van der Waals surface area contributed by atoms with Crippen LogP contribution in [0, 0.1) is 6.92 Å². The molecule has 0 spiro atoms. The molecule has 0 saturated carbocycles. The Kier molecular flexibility index (Phi) is 4.38. The van der Waals surface area contributed by atoms with Gasteiger partial charge in [0.1, 0.15) is 28.7 Å². The molecule has 118 valence electrons. The molecule has 1 N–H and O–H groups in total. The lowest BCUT2D eigenvalue weighted by Gasteiger charge is -2.07. The lowest BCUT2D eigenvalue weighted by molar-refractivity contribution is 0.102. The van der Waals surface area contributed by atoms with Crippen LogP contribution in [0.5, 0.6) is 0 Å². The van der Waals surface area contributed by atoms with E-state index in [0.29, 0.717) is 16.5 Å². The summed E-state index contributed by atoms with van der Waals surface area (Å²) in [5.41, 5.74) is 0.717. The van der Waals surface area contributed by atoms with Crippen molar-refractivity contribution in [3.63, 3.8) is 0 Å². The molecule has 0 aromatic carbocycles. The summed E-state index contributed by atoms with van der Waals surface area (Å²) in [6.07, 6.45) is 6.53. The van der Waals surface area contributed by atoms with Gasteiger partial charge in [-0.05, 0) is 24.9 Å². The number of aromatic nitrogens is 6. The fraction of sp³-hybridized carbons (Fsp3) is 0.286. The average molecular weight is 329 g/mol. The summed E-state index contributed by atoms with van der Waals surface area (Å²) in [4.78, 5) is 25.3. The van der Waals surface area contributed by atoms with E-state index in [9.17, 15) is 4.79 Å². The molecule has 0 fully saturated rings. The largest absolute Gasteiger partial charge is 0.306 e. The number of carbonyl (C=O) groups excluding carboxylic acids is 1. The van der Waals surface area contributed by atoms with Crippen LogP contribution in [0.1, 0.15) is 34.5 Å². The number of carbonyl (C=O) groups is 1. The molecule has 23 heavy (non-hydrogen) atoms. The Morgan fingerprint density at radius 3 is 2.96 bits per heavy atom. The fourth-order valence-corrected chi connectivity index (χ4v) is 2.73. The van der Waals surface area contributed by atoms with E-state index in [1.807, 2.05) is 18.4 Å². The average Bonchev–Trinajstić information content (AvgIpc) is 3.17. The Hall–Kier alpha value is -2.68. The molecule has 0 bridgehead atoms. The molecule has 8 nitrogen and oxygen atoms in total. The van der Waals surface area contributed by atoms with Crippen molar-refractivity contribution in [2.75, 3.05) is 5.32 Å². The molecular formula is C14H15N7OS. The van der Waals surface area contributed by atoms with E-state index in [0.717, 1.165) is 35.9 Å². The van der Waals surface area contributed by atoms with Gasteiger partial charge in [0, 0.05) is 18.5 Å². The van der Waals surface area contributed by atoms with Gasteiger partial charge >= 0.3 is 0 Å². The highest BCUT2D eigenvalue weighted by molar-refractivity contribution is 7.08. The number of amides is 1. The van der Waals surface area contributed by atoms with Crippen LogP contribution in [-0.4, -0.2) is 35.0 Å². The molecule has 0 aliphatic rings. The number of aryl methyl sites for hydroxylation is 2. The molecule has 0 unspecified atom stereocenters. The zero-order valence-corrected chi connectivity index (χ0v) is 13.5. The van der Waals surface area contributed by atoms with Crippen LogP contribution in [0.15, 0.2) is 24.8 Å². The minimum atomic E-state index is -0.254. The van der Waals surface area contributed by atoms with Crippen molar-refractivity contribution in [2.45, 2.75) is 26.7 Å². The zero-order valence-electron chi connectivity index (χ0n) is 12.7. The lowest BCUT2D eigenvalue weighted by Crippen LogP contribution is -2.14. The minimum Gasteiger partial charge on any atom is -0.306 e. The van der Waals surface area contributed by atoms with E-state index in [-0.39, 0.29) is 5.91 Å². The molecule has 3 aromatic rings. The molecule has 1 amide bonds. The van der Waals surface area contributed by atoms with Crippen molar-refractivity contribution in [3.8, 4) is 5.82 Å². The van der Waals surface area contributed by atoms with Gasteiger partial charge in [-0.25, -0.2) is 15.0 Å². The van der Waals surface area contributed by atoms with Crippen molar-refractivity contribution in [2.24, 2.45) is 0 Å². The van der Waals surface area contributed by atoms with Gasteiger partial charge in [0.15, 0.2) is 0 Å². The number of imidazole rings is 1. The molecule has 0 aliphatic carbocycles. The monoisotopic (exact) mass is 329 g/mol. The summed E-state index contributed by atoms with van der Waals surface area (Å²) in [6.45, 7) is 3.91. The first-order valence-corrected chi connectivity index (χ1v) is 7.91. The van der Waals surface area contributed by atoms with Crippen LogP contribution >= 0.6 is 11.5 Å². The summed E-state index contributed by atoms with van der Waals surface area (Å²) in [7, 11) is 0. The second-order valence-electron chi connectivity index (χ2n) is 4.86. The quantitative estimate of drug-likeness (QED) is 0.769. The van der Waals surface area contributed by atoms with Crippen LogP contribution in [-0.2, 0) is 6.42 Å². The smallest absolute Gasteiger partial charge is 0.270 e. The first kappa shape index (κ1) is 15.2. The Morgan fingerprint density at radius 2 is 2.22 bits per heavy atom. The van der Waals surface area contributed by atoms with Gasteiger partial charge in [0.05, 0.1) is 5.69 Å². The molecule has 3 aromatic heterocycles. The van der Waals surface area contributed by atoms with E-state index in [1.54, 1.807) is 18.5 Å². The number of nitrogens with zero attached hydrogens (tertiary/aromatic N) is 6. The number of nitrogens with one attached hydrogen (secondary N) is 1. The fourth-order valence-electron chi connectivity index (χ4n) is 2.12. The molecule has 0 atom stereocenters. The van der Waals surface area contributed by atoms with Crippen LogP contribution < -0.4 is 5.32 Å². The van der Waals surface area contributed by atoms with Crippen molar-refractivity contribution in [3.05, 3.63) is 41.2 Å². The van der Waals surface area contributed by atoms with Crippen LogP contribution in [0.3, 0.4) is 0 Å². The molecule has 0 saturated heterocycles. The molecule has 0 radical (unpaired) electrons. The van der Waals surface area contributed by atoms with Gasteiger partial charge in [-0.15, -0.1) is 5.10 Å². The standard InChI is InChI=1S/C14H15N7OS/c1-3-4-10-13(23-20-19-10)14(22)18-11-7-12(17-8-16-11)21-6-5-15-9(21)2/h5-8H,3-4H2,1-2H3,(H,16,17,18,22). The summed E-state index contributed by atoms with van der Waals surface area (Å²) in [5.74, 6) is 1.61. The first-order chi connectivity index (χ1) is 11.2. The second kappa shape index (κ2) is 6.61. The molecule has 3 rings (SSSR count). The molecule has 0 aliphatic heterocycles. The maximum atomic E-state index is 12.4. The van der Waals surface area contributed by atoms with E-state index in [2.05, 4.69) is 29.9 Å². The predicted molar refractivity (Wildman–Crippen MR) is 85.7 cm³/mol. The normalized spacial score (nSPS) is 10.7. The summed E-state index contributed by atoms with van der Waals surface area (Å²) in [5, 5.41) is 6.77. The summed E-state index contributed by atoms with van der Waals surface area (Å²) < 4.78 is 5.67. The third kappa shape index (κ3) is 3.24. The number of hydrogen-bond acceptors (Lipinski definition) is 7. The van der Waals surface area contributed by atoms with E-state index < -0.39 is 0 Å². The summed E-state index contributed by atoms with van der Waals surface area (Å²) >= 11 is 1.09. The maximum Gasteiger partial charge on any atom is 0.270 e. The van der Waals surface area contributed by atoms with Crippen LogP contribution in [0.2, 0.25) is 0 Å². The SMILES string of the molecule is CCCc1nnsc1C(=O)Nc1cc(-n2ccnc2C)ncn1. The number of anilines is 1. The van der Waals surface area contributed by atoms with Gasteiger partial charge in [-0.3, -0.25) is 9.36 Å². The van der Waals surface area contributed by atoms with Gasteiger partial charge in [-0.2, -0.15) is 0 Å². The highest BCUT2D eigenvalue weighted by atomic mass is 32.1. The maximum absolute atomic E-state index is 12.4. The van der Waals surface area contributed by atoms with Crippen molar-refractivity contribution in [1.29, 1.82) is 0 Å². The van der Waals surface area contributed by atoms with Crippen molar-refractivity contribution < 1.29 is 4.79 Å². The lowest BCUT2D eigenvalue weighted by atomic mass is 10.2. The Labute approximate surface area is 136 Å². The number of rotatable bonds is 5. The second-order valence-corrected chi connectivity index (χ2v) is 5.61. The van der Waals surface area contributed by atoms with Gasteiger partial charge in [0.2, 0.25) is 0 Å². The topological polar surface area (TPSA) is 98.5 Å². The minimum absolute atomic E-state index is 0.254. The van der Waals surface area contributed by atoms with E-state index in [1.165, 1.54) is 6.33 Å². The Bertz CT molecular complexity index is 826. The molecule has 9 heteroatoms. The van der Waals surface area contributed by atoms with Gasteiger partial charge in [-0.1, -0.05) is 17.8 Å². The van der Waals surface area contributed by atoms with E-state index >= 15 is 0 Å². The highest BCUT2D eigenvalue weighted by Crippen LogP contribution is 2.16. The Balaban J connectivity index is 1.82. The van der Waals surface area contributed by atoms with Crippen molar-refractivity contribution in [1.82, 2.24) is 29.1 Å². The van der Waals surface area contributed by atoms with E-state index in [4.69, 9.17) is 0 Å². The zero-order chi connectivity index (χ0) is 16.2. The highest BCUT2D eigenvalue weighted by Gasteiger charge is 2.16. The third-order valence-corrected chi connectivity index (χ3v) is 3.98. The predicted octanol–water partition coefficient (Wildman–Crippen LogP) is 2.03. The van der Waals surface area contributed by atoms with Gasteiger partial charge in [0.25, 0.3) is 5.91 Å². The van der Waals surface area contributed by atoms with Crippen LogP contribution in [0.4, 0.5) is 5.82 Å². The molecule has 3 heterocycles. The van der Waals surface area contributed by atoms with Gasteiger partial charge < -0.3 is 5.32 Å². The first-order valence-electron chi connectivity index (χ1n) is 7.14. The van der Waals surface area contributed by atoms with Crippen LogP contribution in [0.25, 0.3) is 5.82 Å².